The zero-order valence-corrected chi connectivity index (χ0v) is 12.4. The van der Waals surface area contributed by atoms with Gasteiger partial charge < -0.3 is 15.0 Å². The molecular formula is C15H17ClN2O3. The molecule has 0 aromatic heterocycles. The van der Waals surface area contributed by atoms with Crippen molar-refractivity contribution in [1.29, 1.82) is 0 Å². The van der Waals surface area contributed by atoms with E-state index in [1.807, 2.05) is 23.1 Å². The maximum absolute atomic E-state index is 12.3. The monoisotopic (exact) mass is 308 g/mol. The van der Waals surface area contributed by atoms with Gasteiger partial charge in [-0.2, -0.15) is 0 Å². The number of carbonyl (C=O) groups is 2. The number of rotatable bonds is 2. The lowest BCUT2D eigenvalue weighted by molar-refractivity contribution is -0.133. The van der Waals surface area contributed by atoms with Crippen molar-refractivity contribution in [2.75, 3.05) is 19.6 Å². The second kappa shape index (κ2) is 5.56. The topological polar surface area (TPSA) is 58.6 Å². The Morgan fingerprint density at radius 2 is 2.14 bits per heavy atom. The van der Waals surface area contributed by atoms with Gasteiger partial charge in [0.05, 0.1) is 13.0 Å². The van der Waals surface area contributed by atoms with Crippen LogP contribution in [0.4, 0.5) is 4.79 Å². The zero-order valence-electron chi connectivity index (χ0n) is 11.6. The molecule has 112 valence electrons. The highest BCUT2D eigenvalue weighted by molar-refractivity contribution is 6.30. The average Bonchev–Trinajstić information content (AvgIpc) is 2.80. The standard InChI is InChI=1S/C15H17ClN2O3/c16-12-3-1-2-11(8-12)9-13(19)18-6-4-15(5-7-18)10-17-14(20)21-15/h1-3,8H,4-7,9-10H2,(H,17,20). The van der Waals surface area contributed by atoms with Crippen LogP contribution in [0.25, 0.3) is 0 Å². The number of amides is 2. The SMILES string of the molecule is O=C1NCC2(CCN(C(=O)Cc3cccc(Cl)c3)CC2)O1. The molecule has 6 heteroatoms. The van der Waals surface area contributed by atoms with Crippen molar-refractivity contribution in [1.82, 2.24) is 10.2 Å². The Bertz CT molecular complexity index is 568. The van der Waals surface area contributed by atoms with Gasteiger partial charge in [0.25, 0.3) is 0 Å². The zero-order chi connectivity index (χ0) is 14.9. The average molecular weight is 309 g/mol. The van der Waals surface area contributed by atoms with Gasteiger partial charge in [0.2, 0.25) is 5.91 Å². The lowest BCUT2D eigenvalue weighted by atomic mass is 9.91. The van der Waals surface area contributed by atoms with Crippen molar-refractivity contribution in [3.63, 3.8) is 0 Å². The van der Waals surface area contributed by atoms with E-state index in [1.54, 1.807) is 6.07 Å². The first kappa shape index (κ1) is 14.2. The molecule has 0 saturated carbocycles. The van der Waals surface area contributed by atoms with Crippen molar-refractivity contribution < 1.29 is 14.3 Å². The van der Waals surface area contributed by atoms with E-state index in [9.17, 15) is 9.59 Å². The van der Waals surface area contributed by atoms with Gasteiger partial charge in [-0.25, -0.2) is 4.79 Å². The van der Waals surface area contributed by atoms with E-state index >= 15 is 0 Å². The third-order valence-electron chi connectivity index (χ3n) is 4.14. The van der Waals surface area contributed by atoms with Crippen LogP contribution in [0.2, 0.25) is 5.02 Å². The quantitative estimate of drug-likeness (QED) is 0.909. The lowest BCUT2D eigenvalue weighted by Gasteiger charge is -2.37. The number of ether oxygens (including phenoxy) is 1. The van der Waals surface area contributed by atoms with Gasteiger partial charge in [-0.1, -0.05) is 23.7 Å². The van der Waals surface area contributed by atoms with Crippen molar-refractivity contribution in [3.8, 4) is 0 Å². The first-order chi connectivity index (χ1) is 10.1. The summed E-state index contributed by atoms with van der Waals surface area (Å²) in [6.07, 6.45) is 1.37. The second-order valence-corrected chi connectivity index (χ2v) is 6.05. The molecule has 2 heterocycles. The fraction of sp³-hybridized carbons (Fsp3) is 0.467. The highest BCUT2D eigenvalue weighted by Crippen LogP contribution is 2.29. The molecule has 2 amide bonds. The molecule has 3 rings (SSSR count). The van der Waals surface area contributed by atoms with E-state index < -0.39 is 5.60 Å². The molecule has 1 aromatic rings. The normalized spacial score (nSPS) is 20.2. The molecule has 0 atom stereocenters. The van der Waals surface area contributed by atoms with Crippen LogP contribution in [0.1, 0.15) is 18.4 Å². The van der Waals surface area contributed by atoms with Crippen LogP contribution < -0.4 is 5.32 Å². The molecule has 21 heavy (non-hydrogen) atoms. The molecule has 1 N–H and O–H groups in total. The number of nitrogens with one attached hydrogen (secondary N) is 1. The van der Waals surface area contributed by atoms with Gasteiger partial charge in [-0.3, -0.25) is 4.79 Å². The Hall–Kier alpha value is -1.75. The smallest absolute Gasteiger partial charge is 0.407 e. The largest absolute Gasteiger partial charge is 0.441 e. The van der Waals surface area contributed by atoms with Crippen LogP contribution in [0.5, 0.6) is 0 Å². The molecule has 1 aromatic carbocycles. The molecule has 2 fully saturated rings. The Labute approximate surface area is 128 Å². The van der Waals surface area contributed by atoms with E-state index in [-0.39, 0.29) is 12.0 Å². The van der Waals surface area contributed by atoms with Crippen molar-refractivity contribution >= 4 is 23.6 Å². The number of carbonyl (C=O) groups excluding carboxylic acids is 2. The van der Waals surface area contributed by atoms with Crippen LogP contribution in [0, 0.1) is 0 Å². The lowest BCUT2D eigenvalue weighted by Crippen LogP contribution is -2.48. The summed E-state index contributed by atoms with van der Waals surface area (Å²) in [7, 11) is 0. The van der Waals surface area contributed by atoms with E-state index in [0.717, 1.165) is 5.56 Å². The summed E-state index contributed by atoms with van der Waals surface area (Å²) >= 11 is 5.93. The second-order valence-electron chi connectivity index (χ2n) is 5.61. The number of piperidine rings is 1. The van der Waals surface area contributed by atoms with Gasteiger partial charge in [0, 0.05) is 31.0 Å². The van der Waals surface area contributed by atoms with Crippen molar-refractivity contribution in [3.05, 3.63) is 34.9 Å². The van der Waals surface area contributed by atoms with E-state index in [0.29, 0.717) is 43.9 Å². The first-order valence-electron chi connectivity index (χ1n) is 7.05. The third kappa shape index (κ3) is 3.13. The van der Waals surface area contributed by atoms with E-state index in [4.69, 9.17) is 16.3 Å². The first-order valence-corrected chi connectivity index (χ1v) is 7.43. The predicted octanol–water partition coefficient (Wildman–Crippen LogP) is 1.98. The van der Waals surface area contributed by atoms with E-state index in [2.05, 4.69) is 5.32 Å². The Balaban J connectivity index is 1.57. The molecule has 2 aliphatic heterocycles. The van der Waals surface area contributed by atoms with Gasteiger partial charge in [-0.15, -0.1) is 0 Å². The molecule has 1 spiro atoms. The summed E-state index contributed by atoms with van der Waals surface area (Å²) in [6, 6.07) is 7.35. The highest BCUT2D eigenvalue weighted by Gasteiger charge is 2.43. The van der Waals surface area contributed by atoms with Crippen LogP contribution in [-0.4, -0.2) is 42.1 Å². The summed E-state index contributed by atoms with van der Waals surface area (Å²) < 4.78 is 5.35. The minimum absolute atomic E-state index is 0.0874. The number of hydrogen-bond acceptors (Lipinski definition) is 3. The molecule has 2 saturated heterocycles. The number of likely N-dealkylation sites (tertiary alicyclic amines) is 1. The fourth-order valence-electron chi connectivity index (χ4n) is 2.88. The number of benzene rings is 1. The molecular weight excluding hydrogens is 292 g/mol. The van der Waals surface area contributed by atoms with Crippen LogP contribution in [0.3, 0.4) is 0 Å². The Morgan fingerprint density at radius 1 is 1.38 bits per heavy atom. The molecule has 0 radical (unpaired) electrons. The Morgan fingerprint density at radius 3 is 2.76 bits per heavy atom. The summed E-state index contributed by atoms with van der Waals surface area (Å²) in [4.78, 5) is 25.3. The maximum atomic E-state index is 12.3. The third-order valence-corrected chi connectivity index (χ3v) is 4.37. The molecule has 2 aliphatic rings. The summed E-state index contributed by atoms with van der Waals surface area (Å²) in [5, 5.41) is 3.33. The summed E-state index contributed by atoms with van der Waals surface area (Å²) in [6.45, 7) is 1.78. The predicted molar refractivity (Wildman–Crippen MR) is 78.2 cm³/mol. The fourth-order valence-corrected chi connectivity index (χ4v) is 3.09. The van der Waals surface area contributed by atoms with Crippen LogP contribution in [0.15, 0.2) is 24.3 Å². The van der Waals surface area contributed by atoms with Crippen LogP contribution in [-0.2, 0) is 16.0 Å². The van der Waals surface area contributed by atoms with Crippen molar-refractivity contribution in [2.24, 2.45) is 0 Å². The van der Waals surface area contributed by atoms with Gasteiger partial charge in [-0.05, 0) is 17.7 Å². The minimum atomic E-state index is -0.413. The van der Waals surface area contributed by atoms with Crippen LogP contribution >= 0.6 is 11.6 Å². The summed E-state index contributed by atoms with van der Waals surface area (Å²) in [5.41, 5.74) is 0.506. The number of hydrogen-bond donors (Lipinski definition) is 1. The Kier molecular flexibility index (Phi) is 3.76. The number of nitrogens with zero attached hydrogens (tertiary/aromatic N) is 1. The highest BCUT2D eigenvalue weighted by atomic mass is 35.5. The maximum Gasteiger partial charge on any atom is 0.407 e. The summed E-state index contributed by atoms with van der Waals surface area (Å²) in [5.74, 6) is 0.0874. The number of alkyl carbamates (subject to hydrolysis) is 1. The molecule has 5 nitrogen and oxygen atoms in total. The van der Waals surface area contributed by atoms with Gasteiger partial charge >= 0.3 is 6.09 Å². The van der Waals surface area contributed by atoms with E-state index in [1.165, 1.54) is 0 Å². The minimum Gasteiger partial charge on any atom is -0.441 e. The van der Waals surface area contributed by atoms with Gasteiger partial charge in [0.15, 0.2) is 0 Å². The van der Waals surface area contributed by atoms with Gasteiger partial charge in [0.1, 0.15) is 5.60 Å². The van der Waals surface area contributed by atoms with Crippen molar-refractivity contribution in [2.45, 2.75) is 24.9 Å². The number of halogens is 1. The molecule has 0 aliphatic carbocycles. The molecule has 0 unspecified atom stereocenters. The molecule has 0 bridgehead atoms.